The van der Waals surface area contributed by atoms with E-state index in [9.17, 15) is 0 Å². The molecule has 0 radical (unpaired) electrons. The second kappa shape index (κ2) is 3.67. The highest BCUT2D eigenvalue weighted by Gasteiger charge is 2.26. The zero-order valence-electron chi connectivity index (χ0n) is 9.95. The molecule has 0 amide bonds. The molecule has 0 aliphatic heterocycles. The maximum absolute atomic E-state index is 4.52. The van der Waals surface area contributed by atoms with Crippen molar-refractivity contribution in [2.75, 3.05) is 0 Å². The Balaban J connectivity index is 1.98. The van der Waals surface area contributed by atoms with Gasteiger partial charge in [0.1, 0.15) is 5.82 Å². The maximum atomic E-state index is 4.52. The molecule has 0 spiro atoms. The average Bonchev–Trinajstić information content (AvgIpc) is 3.16. The summed E-state index contributed by atoms with van der Waals surface area (Å²) in [4.78, 5) is 9.03. The van der Waals surface area contributed by atoms with Gasteiger partial charge in [0.15, 0.2) is 0 Å². The molecule has 2 aromatic heterocycles. The van der Waals surface area contributed by atoms with Crippen LogP contribution in [0.3, 0.4) is 0 Å². The van der Waals surface area contributed by atoms with Gasteiger partial charge in [-0.25, -0.2) is 4.98 Å². The number of hydrogen-bond donors (Lipinski definition) is 0. The van der Waals surface area contributed by atoms with Crippen LogP contribution in [0.1, 0.15) is 18.9 Å². The highest BCUT2D eigenvalue weighted by atomic mass is 15.1. The number of nitrogens with zero attached hydrogens (tertiary/aromatic N) is 3. The van der Waals surface area contributed by atoms with E-state index in [4.69, 9.17) is 0 Å². The van der Waals surface area contributed by atoms with Crippen molar-refractivity contribution in [1.82, 2.24) is 14.5 Å². The van der Waals surface area contributed by atoms with Crippen LogP contribution in [0.15, 0.2) is 48.9 Å². The summed E-state index contributed by atoms with van der Waals surface area (Å²) in [6.45, 7) is 0. The molecule has 18 heavy (non-hydrogen) atoms. The number of fused-ring (bicyclic) bond motifs is 1. The van der Waals surface area contributed by atoms with Crippen LogP contribution in [0, 0.1) is 0 Å². The van der Waals surface area contributed by atoms with E-state index >= 15 is 0 Å². The normalized spacial score (nSPS) is 15.1. The summed E-state index contributed by atoms with van der Waals surface area (Å²) < 4.78 is 2.28. The summed E-state index contributed by atoms with van der Waals surface area (Å²) in [6.07, 6.45) is 8.34. The SMILES string of the molecule is c1cnc2c(-c3nccn3C3CC3)cccc2c1. The summed E-state index contributed by atoms with van der Waals surface area (Å²) in [5, 5.41) is 1.17. The Hall–Kier alpha value is -2.16. The lowest BCUT2D eigenvalue weighted by Crippen LogP contribution is -1.97. The standard InChI is InChI=1S/C15H13N3/c1-3-11-4-2-8-16-14(11)13(5-1)15-17-9-10-18(15)12-6-7-12/h1-5,8-10,12H,6-7H2. The smallest absolute Gasteiger partial charge is 0.142 e. The molecule has 0 N–H and O–H groups in total. The molecule has 0 saturated heterocycles. The van der Waals surface area contributed by atoms with Gasteiger partial charge in [0.05, 0.1) is 5.52 Å². The first-order valence-corrected chi connectivity index (χ1v) is 6.30. The molecular weight excluding hydrogens is 222 g/mol. The van der Waals surface area contributed by atoms with Crippen LogP contribution >= 0.6 is 0 Å². The van der Waals surface area contributed by atoms with Crippen molar-refractivity contribution in [2.24, 2.45) is 0 Å². The van der Waals surface area contributed by atoms with Gasteiger partial charge in [0.2, 0.25) is 0 Å². The molecular formula is C15H13N3. The number of pyridine rings is 1. The quantitative estimate of drug-likeness (QED) is 0.681. The fraction of sp³-hybridized carbons (Fsp3) is 0.200. The van der Waals surface area contributed by atoms with Gasteiger partial charge in [-0.1, -0.05) is 18.2 Å². The molecule has 0 atom stereocenters. The van der Waals surface area contributed by atoms with Crippen molar-refractivity contribution in [3.8, 4) is 11.4 Å². The molecule has 1 fully saturated rings. The lowest BCUT2D eigenvalue weighted by atomic mass is 10.1. The fourth-order valence-corrected chi connectivity index (χ4v) is 2.45. The van der Waals surface area contributed by atoms with Crippen molar-refractivity contribution < 1.29 is 0 Å². The molecule has 3 nitrogen and oxygen atoms in total. The van der Waals surface area contributed by atoms with Gasteiger partial charge in [-0.15, -0.1) is 0 Å². The van der Waals surface area contributed by atoms with Crippen LogP contribution in [0.4, 0.5) is 0 Å². The van der Waals surface area contributed by atoms with Crippen LogP contribution < -0.4 is 0 Å². The number of imidazole rings is 1. The van der Waals surface area contributed by atoms with Crippen molar-refractivity contribution in [3.63, 3.8) is 0 Å². The van der Waals surface area contributed by atoms with E-state index in [0.29, 0.717) is 6.04 Å². The Morgan fingerprint density at radius 3 is 2.78 bits per heavy atom. The molecule has 0 unspecified atom stereocenters. The minimum atomic E-state index is 0.640. The maximum Gasteiger partial charge on any atom is 0.142 e. The zero-order chi connectivity index (χ0) is 11.9. The monoisotopic (exact) mass is 235 g/mol. The molecule has 2 heterocycles. The Bertz CT molecular complexity index is 705. The first-order chi connectivity index (χ1) is 8.93. The first kappa shape index (κ1) is 9.83. The van der Waals surface area contributed by atoms with E-state index in [1.807, 2.05) is 18.5 Å². The van der Waals surface area contributed by atoms with Gasteiger partial charge in [-0.3, -0.25) is 4.98 Å². The van der Waals surface area contributed by atoms with Crippen LogP contribution in [-0.2, 0) is 0 Å². The molecule has 4 rings (SSSR count). The van der Waals surface area contributed by atoms with Gasteiger partial charge >= 0.3 is 0 Å². The molecule has 1 aliphatic rings. The lowest BCUT2D eigenvalue weighted by Gasteiger charge is -2.08. The summed E-state index contributed by atoms with van der Waals surface area (Å²) in [5.41, 5.74) is 2.16. The fourth-order valence-electron chi connectivity index (χ4n) is 2.45. The van der Waals surface area contributed by atoms with Gasteiger partial charge in [0, 0.05) is 35.6 Å². The minimum absolute atomic E-state index is 0.640. The second-order valence-corrected chi connectivity index (χ2v) is 4.77. The van der Waals surface area contributed by atoms with Crippen molar-refractivity contribution in [1.29, 1.82) is 0 Å². The number of benzene rings is 1. The van der Waals surface area contributed by atoms with Crippen LogP contribution in [0.2, 0.25) is 0 Å². The van der Waals surface area contributed by atoms with Gasteiger partial charge < -0.3 is 4.57 Å². The van der Waals surface area contributed by atoms with Crippen molar-refractivity contribution in [2.45, 2.75) is 18.9 Å². The van der Waals surface area contributed by atoms with Gasteiger partial charge in [-0.05, 0) is 25.0 Å². The van der Waals surface area contributed by atoms with E-state index in [0.717, 1.165) is 16.9 Å². The Morgan fingerprint density at radius 1 is 1.00 bits per heavy atom. The third kappa shape index (κ3) is 1.44. The highest BCUT2D eigenvalue weighted by Crippen LogP contribution is 2.38. The van der Waals surface area contributed by atoms with E-state index in [1.165, 1.54) is 18.2 Å². The Morgan fingerprint density at radius 2 is 1.89 bits per heavy atom. The van der Waals surface area contributed by atoms with Gasteiger partial charge in [0.25, 0.3) is 0 Å². The second-order valence-electron chi connectivity index (χ2n) is 4.77. The zero-order valence-corrected chi connectivity index (χ0v) is 9.95. The summed E-state index contributed by atoms with van der Waals surface area (Å²) >= 11 is 0. The molecule has 1 saturated carbocycles. The van der Waals surface area contributed by atoms with Gasteiger partial charge in [-0.2, -0.15) is 0 Å². The predicted octanol–water partition coefficient (Wildman–Crippen LogP) is 3.43. The average molecular weight is 235 g/mol. The largest absolute Gasteiger partial charge is 0.328 e. The Kier molecular flexibility index (Phi) is 2.00. The van der Waals surface area contributed by atoms with E-state index in [-0.39, 0.29) is 0 Å². The predicted molar refractivity (Wildman–Crippen MR) is 71.2 cm³/mol. The number of aromatic nitrogens is 3. The molecule has 88 valence electrons. The number of rotatable bonds is 2. The van der Waals surface area contributed by atoms with Crippen molar-refractivity contribution >= 4 is 10.9 Å². The molecule has 0 bridgehead atoms. The molecule has 3 heteroatoms. The van der Waals surface area contributed by atoms with Crippen molar-refractivity contribution in [3.05, 3.63) is 48.9 Å². The molecule has 1 aliphatic carbocycles. The summed E-state index contributed by atoms with van der Waals surface area (Å²) in [5.74, 6) is 1.04. The molecule has 1 aromatic carbocycles. The van der Waals surface area contributed by atoms with E-state index in [1.54, 1.807) is 0 Å². The molecule has 3 aromatic rings. The van der Waals surface area contributed by atoms with E-state index in [2.05, 4.69) is 45.0 Å². The lowest BCUT2D eigenvalue weighted by molar-refractivity contribution is 0.750. The minimum Gasteiger partial charge on any atom is -0.328 e. The summed E-state index contributed by atoms with van der Waals surface area (Å²) in [6, 6.07) is 11.0. The highest BCUT2D eigenvalue weighted by molar-refractivity contribution is 5.91. The topological polar surface area (TPSA) is 30.7 Å². The van der Waals surface area contributed by atoms with Crippen LogP contribution in [-0.4, -0.2) is 14.5 Å². The van der Waals surface area contributed by atoms with Crippen LogP contribution in [0.5, 0.6) is 0 Å². The van der Waals surface area contributed by atoms with E-state index < -0.39 is 0 Å². The first-order valence-electron chi connectivity index (χ1n) is 6.30. The third-order valence-corrected chi connectivity index (χ3v) is 3.48. The third-order valence-electron chi connectivity index (χ3n) is 3.48. The Labute approximate surface area is 105 Å². The number of para-hydroxylation sites is 1. The van der Waals surface area contributed by atoms with Crippen LogP contribution in [0.25, 0.3) is 22.3 Å². The summed E-state index contributed by atoms with van der Waals surface area (Å²) in [7, 11) is 0. The number of hydrogen-bond acceptors (Lipinski definition) is 2.